The number of hydrogen-bond acceptors (Lipinski definition) is 4. The molecule has 1 amide bonds. The maximum atomic E-state index is 13.0. The van der Waals surface area contributed by atoms with Crippen molar-refractivity contribution < 1.29 is 19.1 Å². The van der Waals surface area contributed by atoms with E-state index < -0.39 is 26.2 Å². The second kappa shape index (κ2) is 12.0. The van der Waals surface area contributed by atoms with E-state index in [9.17, 15) is 14.7 Å². The molecule has 1 heterocycles. The zero-order valence-electron chi connectivity index (χ0n) is 23.7. The van der Waals surface area contributed by atoms with Gasteiger partial charge in [-0.1, -0.05) is 81.4 Å². The Kier molecular flexibility index (Phi) is 8.71. The van der Waals surface area contributed by atoms with Gasteiger partial charge in [-0.2, -0.15) is 5.10 Å². The van der Waals surface area contributed by atoms with Crippen molar-refractivity contribution in [1.82, 2.24) is 15.1 Å². The number of aryl methyl sites for hydroxylation is 2. The quantitative estimate of drug-likeness (QED) is 0.278. The number of carboxylic acid groups (broad SMARTS) is 1. The predicted molar refractivity (Wildman–Crippen MR) is 160 cm³/mol. The van der Waals surface area contributed by atoms with Crippen LogP contribution in [0.4, 0.5) is 0 Å². The summed E-state index contributed by atoms with van der Waals surface area (Å²) in [5, 5.41) is 19.1. The number of aromatic nitrogens is 2. The Morgan fingerprint density at radius 1 is 0.925 bits per heavy atom. The van der Waals surface area contributed by atoms with Gasteiger partial charge in [-0.25, -0.2) is 9.48 Å². The summed E-state index contributed by atoms with van der Waals surface area (Å²) in [4.78, 5) is 25.2. The molecular weight excluding hydrogens is 518 g/mol. The summed E-state index contributed by atoms with van der Waals surface area (Å²) in [6.45, 7) is 10.6. The number of rotatable bonds is 10. The fraction of sp³-hybridized carbons (Fsp3) is 0.281. The van der Waals surface area contributed by atoms with E-state index in [0.29, 0.717) is 5.56 Å². The molecule has 0 aliphatic carbocycles. The summed E-state index contributed by atoms with van der Waals surface area (Å²) >= 11 is 0. The molecule has 1 aromatic heterocycles. The van der Waals surface area contributed by atoms with E-state index in [1.165, 1.54) is 0 Å². The van der Waals surface area contributed by atoms with E-state index in [1.54, 1.807) is 28.9 Å². The Bertz CT molecular complexity index is 1410. The van der Waals surface area contributed by atoms with E-state index in [1.807, 2.05) is 56.3 Å². The van der Waals surface area contributed by atoms with Crippen molar-refractivity contribution in [3.05, 3.63) is 108 Å². The first-order valence-electron chi connectivity index (χ1n) is 13.5. The summed E-state index contributed by atoms with van der Waals surface area (Å²) < 4.78 is 8.63. The largest absolute Gasteiger partial charge is 0.480 e. The topological polar surface area (TPSA) is 93.5 Å². The Balaban J connectivity index is 1.51. The van der Waals surface area contributed by atoms with Crippen LogP contribution in [0.15, 0.2) is 91.0 Å². The fourth-order valence-electron chi connectivity index (χ4n) is 5.23. The number of hydrogen-bond donors (Lipinski definition) is 2. The first-order chi connectivity index (χ1) is 19.0. The standard InChI is InChI=1S/C32H37N3O4Si/c1-23-22-24(2)35(34-23)26-18-16-25(17-19-26)30(36)33-29(31(37)38)20-21-39-40(32(3,4)5,27-12-8-6-9-13-27)28-14-10-7-11-15-28/h6-19,22,29H,20-21H2,1-5H3,(H,33,36)(H,37,38)/t29-/m0/s1. The van der Waals surface area contributed by atoms with Gasteiger partial charge in [0.05, 0.1) is 11.4 Å². The van der Waals surface area contributed by atoms with Crippen LogP contribution in [0.1, 0.15) is 48.9 Å². The van der Waals surface area contributed by atoms with Crippen molar-refractivity contribution >= 4 is 30.6 Å². The Morgan fingerprint density at radius 3 is 1.93 bits per heavy atom. The van der Waals surface area contributed by atoms with Crippen LogP contribution in [0, 0.1) is 13.8 Å². The Hall–Kier alpha value is -4.01. The molecule has 0 aliphatic rings. The van der Waals surface area contributed by atoms with Crippen molar-refractivity contribution in [3.63, 3.8) is 0 Å². The number of carbonyl (C=O) groups excluding carboxylic acids is 1. The Labute approximate surface area is 237 Å². The molecule has 208 valence electrons. The third kappa shape index (κ3) is 6.08. The van der Waals surface area contributed by atoms with Crippen molar-refractivity contribution in [2.24, 2.45) is 0 Å². The lowest BCUT2D eigenvalue weighted by Gasteiger charge is -2.43. The highest BCUT2D eigenvalue weighted by atomic mass is 28.4. The summed E-state index contributed by atoms with van der Waals surface area (Å²) in [7, 11) is -2.81. The van der Waals surface area contributed by atoms with E-state index >= 15 is 0 Å². The summed E-state index contributed by atoms with van der Waals surface area (Å²) in [6, 6.07) is 28.2. The van der Waals surface area contributed by atoms with Gasteiger partial charge in [0.25, 0.3) is 14.2 Å². The number of nitrogens with zero attached hydrogens (tertiary/aromatic N) is 2. The molecule has 1 atom stereocenters. The average Bonchev–Trinajstić information content (AvgIpc) is 3.28. The minimum atomic E-state index is -2.81. The molecule has 0 radical (unpaired) electrons. The van der Waals surface area contributed by atoms with Gasteiger partial charge in [0.15, 0.2) is 0 Å². The van der Waals surface area contributed by atoms with Crippen molar-refractivity contribution in [2.45, 2.75) is 52.1 Å². The van der Waals surface area contributed by atoms with E-state index in [4.69, 9.17) is 4.43 Å². The SMILES string of the molecule is Cc1cc(C)n(-c2ccc(C(=O)N[C@@H](CCO[Si](c3ccccc3)(c3ccccc3)C(C)(C)C)C(=O)O)cc2)n1. The number of nitrogens with one attached hydrogen (secondary N) is 1. The van der Waals surface area contributed by atoms with Crippen LogP contribution in [0.3, 0.4) is 0 Å². The maximum absolute atomic E-state index is 13.0. The number of aliphatic carboxylic acids is 1. The number of amides is 1. The number of carboxylic acids is 1. The van der Waals surface area contributed by atoms with Gasteiger partial charge in [-0.15, -0.1) is 0 Å². The van der Waals surface area contributed by atoms with Crippen LogP contribution in [0.25, 0.3) is 5.69 Å². The molecule has 4 aromatic rings. The summed E-state index contributed by atoms with van der Waals surface area (Å²) in [5.41, 5.74) is 3.10. The van der Waals surface area contributed by atoms with Crippen molar-refractivity contribution in [3.8, 4) is 5.69 Å². The lowest BCUT2D eigenvalue weighted by atomic mass is 10.1. The van der Waals surface area contributed by atoms with Gasteiger partial charge in [-0.05, 0) is 59.6 Å². The van der Waals surface area contributed by atoms with Gasteiger partial charge in [-0.3, -0.25) is 4.79 Å². The van der Waals surface area contributed by atoms with Crippen molar-refractivity contribution in [2.75, 3.05) is 6.61 Å². The molecule has 7 nitrogen and oxygen atoms in total. The highest BCUT2D eigenvalue weighted by molar-refractivity contribution is 6.99. The molecule has 0 unspecified atom stereocenters. The van der Waals surface area contributed by atoms with Gasteiger partial charge in [0, 0.05) is 24.3 Å². The maximum Gasteiger partial charge on any atom is 0.326 e. The smallest absolute Gasteiger partial charge is 0.326 e. The highest BCUT2D eigenvalue weighted by Crippen LogP contribution is 2.36. The van der Waals surface area contributed by atoms with E-state index in [0.717, 1.165) is 27.4 Å². The van der Waals surface area contributed by atoms with Crippen LogP contribution in [0.2, 0.25) is 5.04 Å². The third-order valence-corrected chi connectivity index (χ3v) is 12.2. The van der Waals surface area contributed by atoms with Gasteiger partial charge in [0.1, 0.15) is 6.04 Å². The highest BCUT2D eigenvalue weighted by Gasteiger charge is 2.50. The minimum Gasteiger partial charge on any atom is -0.480 e. The molecular formula is C32H37N3O4Si. The molecule has 0 saturated heterocycles. The zero-order chi connectivity index (χ0) is 28.9. The fourth-order valence-corrected chi connectivity index (χ4v) is 9.81. The van der Waals surface area contributed by atoms with Crippen LogP contribution in [-0.4, -0.2) is 47.7 Å². The lowest BCUT2D eigenvalue weighted by molar-refractivity contribution is -0.139. The minimum absolute atomic E-state index is 0.134. The molecule has 8 heteroatoms. The van der Waals surface area contributed by atoms with Gasteiger partial charge >= 0.3 is 5.97 Å². The second-order valence-electron chi connectivity index (χ2n) is 11.1. The first-order valence-corrected chi connectivity index (χ1v) is 15.4. The van der Waals surface area contributed by atoms with E-state index in [2.05, 4.69) is 55.5 Å². The summed E-state index contributed by atoms with van der Waals surface area (Å²) in [5.74, 6) is -1.54. The molecule has 40 heavy (non-hydrogen) atoms. The monoisotopic (exact) mass is 555 g/mol. The van der Waals surface area contributed by atoms with Crippen LogP contribution in [-0.2, 0) is 9.22 Å². The molecule has 0 spiro atoms. The van der Waals surface area contributed by atoms with Crippen LogP contribution < -0.4 is 15.7 Å². The lowest BCUT2D eigenvalue weighted by Crippen LogP contribution is -2.66. The third-order valence-electron chi connectivity index (χ3n) is 7.13. The van der Waals surface area contributed by atoms with Crippen molar-refractivity contribution in [1.29, 1.82) is 0 Å². The zero-order valence-corrected chi connectivity index (χ0v) is 24.7. The molecule has 3 aromatic carbocycles. The normalized spacial score (nSPS) is 12.6. The molecule has 4 rings (SSSR count). The predicted octanol–water partition coefficient (Wildman–Crippen LogP) is 4.64. The van der Waals surface area contributed by atoms with Crippen LogP contribution >= 0.6 is 0 Å². The number of benzene rings is 3. The van der Waals surface area contributed by atoms with Gasteiger partial charge < -0.3 is 14.8 Å². The molecule has 0 fully saturated rings. The Morgan fingerprint density at radius 2 is 1.48 bits per heavy atom. The van der Waals surface area contributed by atoms with Crippen LogP contribution in [0.5, 0.6) is 0 Å². The van der Waals surface area contributed by atoms with Gasteiger partial charge in [0.2, 0.25) is 0 Å². The number of carbonyl (C=O) groups is 2. The molecule has 0 bridgehead atoms. The second-order valence-corrected chi connectivity index (χ2v) is 15.4. The molecule has 2 N–H and O–H groups in total. The molecule has 0 aliphatic heterocycles. The average molecular weight is 556 g/mol. The summed E-state index contributed by atoms with van der Waals surface area (Å²) in [6.07, 6.45) is 0.134. The first kappa shape index (κ1) is 29.0. The van der Waals surface area contributed by atoms with E-state index in [-0.39, 0.29) is 18.1 Å². The molecule has 0 saturated carbocycles.